The van der Waals surface area contributed by atoms with E-state index in [0.29, 0.717) is 89.8 Å². The summed E-state index contributed by atoms with van der Waals surface area (Å²) in [5, 5.41) is 8.03. The molecular weight excluding hydrogens is 929 g/mol. The third-order valence-corrected chi connectivity index (χ3v) is 14.1. The van der Waals surface area contributed by atoms with Crippen LogP contribution in [-0.4, -0.2) is 89.7 Å². The van der Waals surface area contributed by atoms with E-state index in [9.17, 15) is 0 Å². The lowest BCUT2D eigenvalue weighted by Crippen LogP contribution is -2.37. The van der Waals surface area contributed by atoms with Gasteiger partial charge < -0.3 is 37.9 Å². The van der Waals surface area contributed by atoms with Gasteiger partial charge in [-0.3, -0.25) is 4.94 Å². The van der Waals surface area contributed by atoms with Crippen LogP contribution in [0.15, 0.2) is 127 Å². The Bertz CT molecular complexity index is 4200. The standard InChI is InChI=1S/C56H40N8O9/c1-65-41-25-17-9-10-18-26(25)42(66-2)34-33(41)49-57-50(34)60-54-39-40(48(72-8)32-24-16-15-23-31(32)47(39)71-7)56-62-52-36-35(43(67-3)27-19-11-12-20-28(27)44(36)68-4)51(58-52)61-55-38-37(53(59-49)63(55)73-64(54)56)45(69-5)29-21-13-14-22-30(29)46(38)70-6/h9-24H,1-8H3/b59-49-,59-53?,60-50?,60-54-,61-51-,61-55?,62-52?,62-56-. The fourth-order valence-corrected chi connectivity index (χ4v) is 11.3. The predicted molar refractivity (Wildman–Crippen MR) is 279 cm³/mol. The lowest BCUT2D eigenvalue weighted by Gasteiger charge is -2.16. The molecule has 0 fully saturated rings. The fourth-order valence-electron chi connectivity index (χ4n) is 11.3. The van der Waals surface area contributed by atoms with Crippen LogP contribution < -0.4 is 53.8 Å². The largest absolute Gasteiger partial charge is 0.495 e. The number of ether oxygens (including phenoxy) is 8. The van der Waals surface area contributed by atoms with Gasteiger partial charge in [0.15, 0.2) is 46.0 Å². The van der Waals surface area contributed by atoms with Crippen LogP contribution in [0.3, 0.4) is 0 Å². The summed E-state index contributed by atoms with van der Waals surface area (Å²) in [5.41, 5.74) is 2.59. The molecule has 0 aliphatic carbocycles. The molecule has 0 N–H and O–H groups in total. The number of hydrogen-bond acceptors (Lipinski definition) is 15. The van der Waals surface area contributed by atoms with E-state index in [-0.39, 0.29) is 46.0 Å². The molecule has 17 heteroatoms. The minimum Gasteiger partial charge on any atom is -0.495 e. The van der Waals surface area contributed by atoms with Crippen LogP contribution in [-0.2, 0) is 0 Å². The Morgan fingerprint density at radius 1 is 0.288 bits per heavy atom. The summed E-state index contributed by atoms with van der Waals surface area (Å²) in [6.45, 7) is 0. The van der Waals surface area contributed by atoms with Crippen LogP contribution in [0, 0.1) is 0 Å². The molecule has 0 unspecified atom stereocenters. The maximum atomic E-state index is 7.48. The van der Waals surface area contributed by atoms with Crippen LogP contribution >= 0.6 is 0 Å². The van der Waals surface area contributed by atoms with E-state index in [1.165, 1.54) is 9.46 Å². The number of benzene rings is 8. The maximum Gasteiger partial charge on any atom is 0.187 e. The molecule has 0 amide bonds. The Kier molecular flexibility index (Phi) is 8.93. The Morgan fingerprint density at radius 3 is 0.808 bits per heavy atom. The third kappa shape index (κ3) is 5.34. The molecule has 6 heterocycles. The van der Waals surface area contributed by atoms with E-state index in [1.54, 1.807) is 56.9 Å². The number of methoxy groups -OCH3 is 8. The highest BCUT2D eigenvalue weighted by atomic mass is 16.8. The van der Waals surface area contributed by atoms with Gasteiger partial charge in [0.1, 0.15) is 46.0 Å². The molecule has 0 saturated carbocycles. The van der Waals surface area contributed by atoms with Gasteiger partial charge in [0.2, 0.25) is 0 Å². The molecule has 4 aliphatic heterocycles. The van der Waals surface area contributed by atoms with E-state index >= 15 is 0 Å². The summed E-state index contributed by atoms with van der Waals surface area (Å²) in [4.78, 5) is 40.3. The highest BCUT2D eigenvalue weighted by Crippen LogP contribution is 2.54. The number of fused-ring (bicyclic) bond motifs is 18. The molecule has 0 saturated heterocycles. The minimum atomic E-state index is 0.224. The molecule has 2 aromatic heterocycles. The number of aliphatic imine (C=N–C) groups is 4. The SMILES string of the molecule is COc1c2c(c(OC)c3ccccc13)/C1=N/c3c4c(OC)c5ccccc5c(OC)c4c4n3On3/c(c5c(OC)c6ccccc6c(OC)c5/c3=N/C3=NC(=N\4)/c4c3c(OC)c3ccccc3c4OC)=N\C2=N1. The van der Waals surface area contributed by atoms with E-state index in [1.807, 2.05) is 97.1 Å². The Hall–Kier alpha value is -9.64. The monoisotopic (exact) mass is 968 g/mol. The van der Waals surface area contributed by atoms with Crippen molar-refractivity contribution in [1.82, 2.24) is 9.46 Å². The van der Waals surface area contributed by atoms with Crippen LogP contribution in [0.25, 0.3) is 64.6 Å². The summed E-state index contributed by atoms with van der Waals surface area (Å²) >= 11 is 0. The highest BCUT2D eigenvalue weighted by molar-refractivity contribution is 6.31. The molecule has 17 nitrogen and oxygen atoms in total. The second kappa shape index (κ2) is 15.4. The van der Waals surface area contributed by atoms with E-state index < -0.39 is 0 Å². The van der Waals surface area contributed by atoms with E-state index in [0.717, 1.165) is 43.1 Å². The summed E-state index contributed by atoms with van der Waals surface area (Å²) in [6.07, 6.45) is 0. The van der Waals surface area contributed by atoms with Crippen molar-refractivity contribution >= 4 is 99.6 Å². The first-order valence-corrected chi connectivity index (χ1v) is 23.2. The van der Waals surface area contributed by atoms with Gasteiger partial charge in [0.05, 0.1) is 101 Å². The van der Waals surface area contributed by atoms with Gasteiger partial charge in [-0.1, -0.05) is 97.1 Å². The zero-order valence-electron chi connectivity index (χ0n) is 40.5. The molecule has 358 valence electrons. The summed E-state index contributed by atoms with van der Waals surface area (Å²) in [5.74, 6) is 5.33. The first-order valence-electron chi connectivity index (χ1n) is 23.2. The first-order chi connectivity index (χ1) is 35.9. The molecular formula is C56H40N8O9. The van der Waals surface area contributed by atoms with Crippen molar-refractivity contribution in [3.8, 4) is 46.0 Å². The maximum absolute atomic E-state index is 7.48. The number of amidine groups is 4. The van der Waals surface area contributed by atoms with E-state index in [4.69, 9.17) is 72.8 Å². The Labute approximate surface area is 413 Å². The van der Waals surface area contributed by atoms with Gasteiger partial charge in [0.25, 0.3) is 0 Å². The molecule has 0 atom stereocenters. The average molecular weight is 969 g/mol. The van der Waals surface area contributed by atoms with Crippen LogP contribution in [0.1, 0.15) is 22.3 Å². The number of hydrogen-bond donors (Lipinski definition) is 0. The lowest BCUT2D eigenvalue weighted by molar-refractivity contribution is 0.0301. The minimum absolute atomic E-state index is 0.224. The molecule has 14 rings (SSSR count). The molecule has 0 spiro atoms. The van der Waals surface area contributed by atoms with Crippen LogP contribution in [0.4, 0.5) is 11.6 Å². The van der Waals surface area contributed by atoms with E-state index in [2.05, 4.69) is 0 Å². The number of rotatable bonds is 8. The second-order valence-corrected chi connectivity index (χ2v) is 17.4. The first kappa shape index (κ1) is 42.3. The zero-order chi connectivity index (χ0) is 49.6. The van der Waals surface area contributed by atoms with Gasteiger partial charge in [-0.2, -0.15) is 0 Å². The Morgan fingerprint density at radius 2 is 0.534 bits per heavy atom. The van der Waals surface area contributed by atoms with Gasteiger partial charge in [0, 0.05) is 43.1 Å². The van der Waals surface area contributed by atoms with Crippen molar-refractivity contribution < 1.29 is 42.8 Å². The van der Waals surface area contributed by atoms with Crippen LogP contribution in [0.5, 0.6) is 46.0 Å². The van der Waals surface area contributed by atoms with Crippen molar-refractivity contribution in [2.45, 2.75) is 0 Å². The van der Waals surface area contributed by atoms with Gasteiger partial charge >= 0.3 is 0 Å². The van der Waals surface area contributed by atoms with Crippen molar-refractivity contribution in [2.75, 3.05) is 56.9 Å². The lowest BCUT2D eigenvalue weighted by atomic mass is 9.97. The molecule has 6 bridgehead atoms. The topological polar surface area (TPSA) is 167 Å². The quantitative estimate of drug-likeness (QED) is 0.144. The number of aromatic nitrogens is 2. The average Bonchev–Trinajstić information content (AvgIpc) is 4.13. The predicted octanol–water partition coefficient (Wildman–Crippen LogP) is 9.11. The second-order valence-electron chi connectivity index (χ2n) is 17.4. The smallest absolute Gasteiger partial charge is 0.187 e. The normalized spacial score (nSPS) is 16.2. The highest BCUT2D eigenvalue weighted by Gasteiger charge is 2.40. The molecule has 0 radical (unpaired) electrons. The molecule has 4 aliphatic rings. The third-order valence-electron chi connectivity index (χ3n) is 14.1. The Balaban J connectivity index is 1.31. The van der Waals surface area contributed by atoms with Crippen molar-refractivity contribution in [3.05, 3.63) is 130 Å². The van der Waals surface area contributed by atoms with Gasteiger partial charge in [-0.05, 0) is 0 Å². The van der Waals surface area contributed by atoms with Gasteiger partial charge in [-0.25, -0.2) is 30.0 Å². The van der Waals surface area contributed by atoms with Gasteiger partial charge in [-0.15, -0.1) is 9.46 Å². The summed E-state index contributed by atoms with van der Waals surface area (Å²) < 4.78 is 54.3. The molecule has 10 aromatic rings. The number of nitrogens with zero attached hydrogens (tertiary/aromatic N) is 8. The van der Waals surface area contributed by atoms with Crippen molar-refractivity contribution in [3.63, 3.8) is 0 Å². The van der Waals surface area contributed by atoms with Crippen molar-refractivity contribution in [2.24, 2.45) is 30.0 Å². The molecule has 73 heavy (non-hydrogen) atoms. The van der Waals surface area contributed by atoms with Crippen LogP contribution in [0.2, 0.25) is 0 Å². The summed E-state index contributed by atoms with van der Waals surface area (Å²) in [7, 11) is 13.0. The zero-order valence-corrected chi connectivity index (χ0v) is 40.5. The fraction of sp³-hybridized carbons (Fsp3) is 0.143. The molecule has 8 aromatic carbocycles. The summed E-state index contributed by atoms with van der Waals surface area (Å²) in [6, 6.07) is 31.3. The van der Waals surface area contributed by atoms with Crippen molar-refractivity contribution in [1.29, 1.82) is 0 Å².